The standard InChI is InChI=1S/C13H19N3O2/c1-3-7-14-12(17)9-15-13(18)16-11-6-4-5-10(2)8-11/h4-6,8H,3,7,9H2,1-2H3,(H,14,17)(H2,15,16,18). The van der Waals surface area contributed by atoms with Crippen molar-refractivity contribution in [2.45, 2.75) is 20.3 Å². The summed E-state index contributed by atoms with van der Waals surface area (Å²) in [6.45, 7) is 4.52. The third-order valence-corrected chi connectivity index (χ3v) is 2.26. The van der Waals surface area contributed by atoms with E-state index in [0.717, 1.165) is 12.0 Å². The fraction of sp³-hybridized carbons (Fsp3) is 0.385. The Balaban J connectivity index is 2.31. The number of rotatable bonds is 5. The van der Waals surface area contributed by atoms with Gasteiger partial charge in [-0.25, -0.2) is 4.79 Å². The van der Waals surface area contributed by atoms with Gasteiger partial charge in [-0.2, -0.15) is 0 Å². The molecule has 1 aromatic carbocycles. The Morgan fingerprint density at radius 1 is 1.22 bits per heavy atom. The number of benzene rings is 1. The predicted molar refractivity (Wildman–Crippen MR) is 71.5 cm³/mol. The molecule has 0 atom stereocenters. The second kappa shape index (κ2) is 7.32. The minimum atomic E-state index is -0.382. The lowest BCUT2D eigenvalue weighted by Crippen LogP contribution is -2.39. The first-order valence-corrected chi connectivity index (χ1v) is 6.00. The summed E-state index contributed by atoms with van der Waals surface area (Å²) in [7, 11) is 0. The van der Waals surface area contributed by atoms with Crippen molar-refractivity contribution in [3.05, 3.63) is 29.8 Å². The molecule has 5 nitrogen and oxygen atoms in total. The Bertz CT molecular complexity index is 418. The summed E-state index contributed by atoms with van der Waals surface area (Å²) in [5.74, 6) is -0.184. The van der Waals surface area contributed by atoms with Crippen molar-refractivity contribution in [1.29, 1.82) is 0 Å². The van der Waals surface area contributed by atoms with E-state index in [1.165, 1.54) is 0 Å². The second-order valence-corrected chi connectivity index (χ2v) is 4.03. The van der Waals surface area contributed by atoms with Crippen LogP contribution < -0.4 is 16.0 Å². The van der Waals surface area contributed by atoms with Gasteiger partial charge in [-0.05, 0) is 31.0 Å². The van der Waals surface area contributed by atoms with Gasteiger partial charge in [0.25, 0.3) is 0 Å². The van der Waals surface area contributed by atoms with Gasteiger partial charge in [0.1, 0.15) is 0 Å². The third kappa shape index (κ3) is 5.34. The second-order valence-electron chi connectivity index (χ2n) is 4.03. The first-order valence-electron chi connectivity index (χ1n) is 6.00. The van der Waals surface area contributed by atoms with Gasteiger partial charge in [0.15, 0.2) is 0 Å². The maximum atomic E-state index is 11.5. The number of hydrogen-bond donors (Lipinski definition) is 3. The van der Waals surface area contributed by atoms with Crippen LogP contribution in [0.5, 0.6) is 0 Å². The highest BCUT2D eigenvalue weighted by Gasteiger charge is 2.04. The normalized spacial score (nSPS) is 9.67. The molecule has 18 heavy (non-hydrogen) atoms. The van der Waals surface area contributed by atoms with Crippen LogP contribution in [0.15, 0.2) is 24.3 Å². The number of nitrogens with one attached hydrogen (secondary N) is 3. The van der Waals surface area contributed by atoms with Crippen molar-refractivity contribution < 1.29 is 9.59 Å². The number of carbonyl (C=O) groups is 2. The summed E-state index contributed by atoms with van der Waals surface area (Å²) < 4.78 is 0. The minimum absolute atomic E-state index is 0.0162. The van der Waals surface area contributed by atoms with Gasteiger partial charge in [0.05, 0.1) is 6.54 Å². The van der Waals surface area contributed by atoms with E-state index in [0.29, 0.717) is 12.2 Å². The van der Waals surface area contributed by atoms with Gasteiger partial charge in [0, 0.05) is 12.2 Å². The first-order chi connectivity index (χ1) is 8.61. The van der Waals surface area contributed by atoms with E-state index >= 15 is 0 Å². The van der Waals surface area contributed by atoms with Crippen LogP contribution in [0.25, 0.3) is 0 Å². The van der Waals surface area contributed by atoms with Crippen LogP contribution in [0.2, 0.25) is 0 Å². The van der Waals surface area contributed by atoms with Crippen LogP contribution >= 0.6 is 0 Å². The van der Waals surface area contributed by atoms with Crippen molar-refractivity contribution in [2.75, 3.05) is 18.4 Å². The molecule has 0 bridgehead atoms. The fourth-order valence-electron chi connectivity index (χ4n) is 1.39. The third-order valence-electron chi connectivity index (χ3n) is 2.26. The van der Waals surface area contributed by atoms with Gasteiger partial charge in [-0.15, -0.1) is 0 Å². The van der Waals surface area contributed by atoms with Gasteiger partial charge in [0.2, 0.25) is 5.91 Å². The van der Waals surface area contributed by atoms with Crippen molar-refractivity contribution in [2.24, 2.45) is 0 Å². The van der Waals surface area contributed by atoms with Gasteiger partial charge in [-0.1, -0.05) is 19.1 Å². The molecule has 0 aliphatic heterocycles. The highest BCUT2D eigenvalue weighted by Crippen LogP contribution is 2.08. The minimum Gasteiger partial charge on any atom is -0.355 e. The first kappa shape index (κ1) is 14.0. The average Bonchev–Trinajstić information content (AvgIpc) is 2.34. The number of amides is 3. The zero-order valence-corrected chi connectivity index (χ0v) is 10.7. The number of anilines is 1. The molecule has 0 aliphatic rings. The molecule has 1 rings (SSSR count). The van der Waals surface area contributed by atoms with Crippen LogP contribution in [0, 0.1) is 6.92 Å². The highest BCUT2D eigenvalue weighted by atomic mass is 16.2. The molecule has 0 spiro atoms. The van der Waals surface area contributed by atoms with Crippen LogP contribution in [-0.4, -0.2) is 25.0 Å². The topological polar surface area (TPSA) is 70.2 Å². The molecule has 0 aromatic heterocycles. The van der Waals surface area contributed by atoms with E-state index in [9.17, 15) is 9.59 Å². The summed E-state index contributed by atoms with van der Waals surface area (Å²) in [6, 6.07) is 7.08. The molecule has 1 aromatic rings. The van der Waals surface area contributed by atoms with E-state index in [-0.39, 0.29) is 18.5 Å². The lowest BCUT2D eigenvalue weighted by atomic mass is 10.2. The van der Waals surface area contributed by atoms with Crippen molar-refractivity contribution in [1.82, 2.24) is 10.6 Å². The van der Waals surface area contributed by atoms with Crippen LogP contribution in [0.1, 0.15) is 18.9 Å². The molecule has 0 saturated carbocycles. The summed E-state index contributed by atoms with van der Waals surface area (Å²) in [4.78, 5) is 22.8. The van der Waals surface area contributed by atoms with E-state index in [4.69, 9.17) is 0 Å². The molecule has 0 fully saturated rings. The Labute approximate surface area is 107 Å². The molecule has 5 heteroatoms. The monoisotopic (exact) mass is 249 g/mol. The lowest BCUT2D eigenvalue weighted by Gasteiger charge is -2.08. The quantitative estimate of drug-likeness (QED) is 0.742. The number of hydrogen-bond acceptors (Lipinski definition) is 2. The fourth-order valence-corrected chi connectivity index (χ4v) is 1.39. The summed E-state index contributed by atoms with van der Waals surface area (Å²) in [6.07, 6.45) is 0.876. The highest BCUT2D eigenvalue weighted by molar-refractivity contribution is 5.92. The van der Waals surface area contributed by atoms with Crippen LogP contribution in [-0.2, 0) is 4.79 Å². The molecule has 0 heterocycles. The van der Waals surface area contributed by atoms with Gasteiger partial charge in [-0.3, -0.25) is 4.79 Å². The molecule has 0 radical (unpaired) electrons. The van der Waals surface area contributed by atoms with E-state index in [1.807, 2.05) is 32.0 Å². The van der Waals surface area contributed by atoms with E-state index in [1.54, 1.807) is 6.07 Å². The van der Waals surface area contributed by atoms with Gasteiger partial charge >= 0.3 is 6.03 Å². The maximum absolute atomic E-state index is 11.5. The van der Waals surface area contributed by atoms with Crippen molar-refractivity contribution in [3.63, 3.8) is 0 Å². The van der Waals surface area contributed by atoms with Gasteiger partial charge < -0.3 is 16.0 Å². The molecule has 3 N–H and O–H groups in total. The lowest BCUT2D eigenvalue weighted by molar-refractivity contribution is -0.120. The summed E-state index contributed by atoms with van der Waals surface area (Å²) in [5, 5.41) is 7.84. The Hall–Kier alpha value is -2.04. The number of urea groups is 1. The molecule has 98 valence electrons. The molecule has 0 saturated heterocycles. The summed E-state index contributed by atoms with van der Waals surface area (Å²) in [5.41, 5.74) is 1.77. The predicted octanol–water partition coefficient (Wildman–Crippen LogP) is 1.64. The smallest absolute Gasteiger partial charge is 0.319 e. The Morgan fingerprint density at radius 2 is 2.00 bits per heavy atom. The van der Waals surface area contributed by atoms with Crippen LogP contribution in [0.4, 0.5) is 10.5 Å². The average molecular weight is 249 g/mol. The molecule has 3 amide bonds. The summed E-state index contributed by atoms with van der Waals surface area (Å²) >= 11 is 0. The maximum Gasteiger partial charge on any atom is 0.319 e. The van der Waals surface area contributed by atoms with E-state index in [2.05, 4.69) is 16.0 Å². The molecule has 0 unspecified atom stereocenters. The Morgan fingerprint density at radius 3 is 2.67 bits per heavy atom. The zero-order chi connectivity index (χ0) is 13.4. The molecular formula is C13H19N3O2. The van der Waals surface area contributed by atoms with Crippen molar-refractivity contribution in [3.8, 4) is 0 Å². The van der Waals surface area contributed by atoms with Crippen LogP contribution in [0.3, 0.4) is 0 Å². The molecule has 0 aliphatic carbocycles. The zero-order valence-electron chi connectivity index (χ0n) is 10.7. The molecular weight excluding hydrogens is 230 g/mol. The SMILES string of the molecule is CCCNC(=O)CNC(=O)Nc1cccc(C)c1. The number of carbonyl (C=O) groups excluding carboxylic acids is 2. The largest absolute Gasteiger partial charge is 0.355 e. The van der Waals surface area contributed by atoms with E-state index < -0.39 is 0 Å². The van der Waals surface area contributed by atoms with Crippen molar-refractivity contribution >= 4 is 17.6 Å². The number of aryl methyl sites for hydroxylation is 1. The Kier molecular flexibility index (Phi) is 5.70.